The van der Waals surface area contributed by atoms with Gasteiger partial charge in [-0.1, -0.05) is 51.7 Å². The lowest BCUT2D eigenvalue weighted by Gasteiger charge is -2.32. The number of nitrogens with two attached hydrogens (primary N) is 1. The zero-order valence-electron chi connectivity index (χ0n) is 12.8. The third-order valence-corrected chi connectivity index (χ3v) is 4.16. The Labute approximate surface area is 121 Å². The summed E-state index contributed by atoms with van der Waals surface area (Å²) >= 11 is 0. The second-order valence-corrected chi connectivity index (χ2v) is 5.89. The number of rotatable bonds is 8. The zero-order chi connectivity index (χ0) is 15.2. The van der Waals surface area contributed by atoms with Crippen LogP contribution in [0.15, 0.2) is 24.3 Å². The normalized spacial score (nSPS) is 15.6. The molecule has 0 aliphatic carbocycles. The van der Waals surface area contributed by atoms with E-state index >= 15 is 0 Å². The fraction of sp³-hybridized carbons (Fsp3) is 0.625. The van der Waals surface area contributed by atoms with E-state index in [2.05, 4.69) is 20.8 Å². The van der Waals surface area contributed by atoms with E-state index in [0.29, 0.717) is 0 Å². The molecule has 0 heterocycles. The highest BCUT2D eigenvalue weighted by Crippen LogP contribution is 2.31. The van der Waals surface area contributed by atoms with Crippen molar-refractivity contribution in [3.63, 3.8) is 0 Å². The summed E-state index contributed by atoms with van der Waals surface area (Å²) in [6.45, 7) is 6.37. The first-order chi connectivity index (χ1) is 9.38. The Hall–Kier alpha value is -1.42. The van der Waals surface area contributed by atoms with Gasteiger partial charge >= 0.3 is 0 Å². The van der Waals surface area contributed by atoms with E-state index in [-0.39, 0.29) is 22.1 Å². The Balaban J connectivity index is 2.66. The lowest BCUT2D eigenvalue weighted by molar-refractivity contribution is -0.384. The molecule has 2 unspecified atom stereocenters. The van der Waals surface area contributed by atoms with Gasteiger partial charge in [0.15, 0.2) is 0 Å². The molecule has 4 nitrogen and oxygen atoms in total. The summed E-state index contributed by atoms with van der Waals surface area (Å²) in [5.41, 5.74) is 7.36. The van der Waals surface area contributed by atoms with Gasteiger partial charge in [0.2, 0.25) is 0 Å². The topological polar surface area (TPSA) is 69.2 Å². The van der Waals surface area contributed by atoms with Gasteiger partial charge in [0.1, 0.15) is 0 Å². The number of hydrogen-bond acceptors (Lipinski definition) is 3. The van der Waals surface area contributed by atoms with Crippen LogP contribution in [0.25, 0.3) is 0 Å². The Morgan fingerprint density at radius 2 is 1.85 bits per heavy atom. The van der Waals surface area contributed by atoms with Crippen molar-refractivity contribution in [3.05, 3.63) is 39.9 Å². The van der Waals surface area contributed by atoms with Crippen LogP contribution < -0.4 is 5.73 Å². The van der Waals surface area contributed by atoms with E-state index in [1.165, 1.54) is 19.3 Å². The van der Waals surface area contributed by atoms with Gasteiger partial charge in [0.05, 0.1) is 4.92 Å². The minimum atomic E-state index is -0.374. The van der Waals surface area contributed by atoms with Crippen LogP contribution >= 0.6 is 0 Å². The molecule has 2 N–H and O–H groups in total. The Bertz CT molecular complexity index is 427. The number of unbranched alkanes of at least 4 members (excludes halogenated alkanes) is 3. The van der Waals surface area contributed by atoms with Gasteiger partial charge in [-0.25, -0.2) is 0 Å². The largest absolute Gasteiger partial charge is 0.325 e. The van der Waals surface area contributed by atoms with Crippen molar-refractivity contribution in [1.82, 2.24) is 0 Å². The predicted molar refractivity (Wildman–Crippen MR) is 82.9 cm³/mol. The summed E-state index contributed by atoms with van der Waals surface area (Å²) in [7, 11) is 0. The van der Waals surface area contributed by atoms with Crippen molar-refractivity contribution in [2.24, 2.45) is 5.73 Å². The minimum absolute atomic E-state index is 0.127. The lowest BCUT2D eigenvalue weighted by Crippen LogP contribution is -2.41. The predicted octanol–water partition coefficient (Wildman–Crippen LogP) is 4.39. The maximum Gasteiger partial charge on any atom is 0.269 e. The number of nitro benzene ring substituents is 1. The monoisotopic (exact) mass is 278 g/mol. The summed E-state index contributed by atoms with van der Waals surface area (Å²) in [6.07, 6.45) is 5.81. The molecule has 4 heteroatoms. The summed E-state index contributed by atoms with van der Waals surface area (Å²) < 4.78 is 0. The number of non-ortho nitro benzene ring substituents is 1. The van der Waals surface area contributed by atoms with Crippen LogP contribution in [0.2, 0.25) is 0 Å². The second-order valence-electron chi connectivity index (χ2n) is 5.89. The molecule has 1 aromatic rings. The average molecular weight is 278 g/mol. The van der Waals surface area contributed by atoms with Crippen molar-refractivity contribution < 1.29 is 4.92 Å². The first kappa shape index (κ1) is 16.6. The van der Waals surface area contributed by atoms with Crippen LogP contribution in [-0.4, -0.2) is 10.5 Å². The quantitative estimate of drug-likeness (QED) is 0.435. The smallest absolute Gasteiger partial charge is 0.269 e. The molecule has 0 fully saturated rings. The van der Waals surface area contributed by atoms with Gasteiger partial charge in [0, 0.05) is 17.7 Å². The van der Waals surface area contributed by atoms with Gasteiger partial charge in [0.25, 0.3) is 5.69 Å². The molecule has 0 aliphatic rings. The number of nitro groups is 1. The fourth-order valence-corrected chi connectivity index (χ4v) is 2.41. The van der Waals surface area contributed by atoms with E-state index < -0.39 is 0 Å². The SMILES string of the molecule is CCCCCCC(C)(N)C(C)c1ccc([N+](=O)[O-])cc1. The van der Waals surface area contributed by atoms with Crippen LogP contribution in [0.1, 0.15) is 64.4 Å². The van der Waals surface area contributed by atoms with Crippen molar-refractivity contribution in [3.8, 4) is 0 Å². The number of benzene rings is 1. The summed E-state index contributed by atoms with van der Waals surface area (Å²) in [5.74, 6) is 0.185. The molecule has 0 amide bonds. The van der Waals surface area contributed by atoms with Gasteiger partial charge in [-0.15, -0.1) is 0 Å². The maximum atomic E-state index is 10.7. The van der Waals surface area contributed by atoms with Crippen LogP contribution in [0.4, 0.5) is 5.69 Å². The zero-order valence-corrected chi connectivity index (χ0v) is 12.8. The summed E-state index contributed by atoms with van der Waals surface area (Å²) in [4.78, 5) is 10.3. The molecule has 1 rings (SSSR count). The molecule has 0 radical (unpaired) electrons. The van der Waals surface area contributed by atoms with Gasteiger partial charge in [-0.2, -0.15) is 0 Å². The molecule has 1 aromatic carbocycles. The highest BCUT2D eigenvalue weighted by atomic mass is 16.6. The molecule has 0 saturated heterocycles. The second kappa shape index (κ2) is 7.39. The molecule has 0 bridgehead atoms. The van der Waals surface area contributed by atoms with E-state index in [4.69, 9.17) is 5.73 Å². The highest BCUT2D eigenvalue weighted by Gasteiger charge is 2.27. The average Bonchev–Trinajstić information content (AvgIpc) is 2.43. The third kappa shape index (κ3) is 4.60. The molecule has 20 heavy (non-hydrogen) atoms. The van der Waals surface area contributed by atoms with Gasteiger partial charge < -0.3 is 5.73 Å². The van der Waals surface area contributed by atoms with Crippen molar-refractivity contribution in [2.75, 3.05) is 0 Å². The Morgan fingerprint density at radius 3 is 2.35 bits per heavy atom. The number of nitrogens with zero attached hydrogens (tertiary/aromatic N) is 1. The highest BCUT2D eigenvalue weighted by molar-refractivity contribution is 5.35. The fourth-order valence-electron chi connectivity index (χ4n) is 2.41. The third-order valence-electron chi connectivity index (χ3n) is 4.16. The van der Waals surface area contributed by atoms with Crippen molar-refractivity contribution in [2.45, 2.75) is 64.3 Å². The molecule has 0 spiro atoms. The van der Waals surface area contributed by atoms with Crippen LogP contribution in [0.3, 0.4) is 0 Å². The summed E-state index contributed by atoms with van der Waals surface area (Å²) in [6, 6.07) is 6.75. The minimum Gasteiger partial charge on any atom is -0.325 e. The lowest BCUT2D eigenvalue weighted by atomic mass is 9.79. The Kier molecular flexibility index (Phi) is 6.14. The number of hydrogen-bond donors (Lipinski definition) is 1. The van der Waals surface area contributed by atoms with E-state index in [0.717, 1.165) is 18.4 Å². The molecule has 2 atom stereocenters. The molecule has 0 aliphatic heterocycles. The van der Waals surface area contributed by atoms with Crippen molar-refractivity contribution >= 4 is 5.69 Å². The van der Waals surface area contributed by atoms with Crippen LogP contribution in [0, 0.1) is 10.1 Å². The van der Waals surface area contributed by atoms with Gasteiger partial charge in [-0.3, -0.25) is 10.1 Å². The van der Waals surface area contributed by atoms with E-state index in [1.807, 2.05) is 12.1 Å². The molecular formula is C16H26N2O2. The Morgan fingerprint density at radius 1 is 1.25 bits per heavy atom. The molecule has 0 aromatic heterocycles. The van der Waals surface area contributed by atoms with Gasteiger partial charge in [-0.05, 0) is 24.8 Å². The van der Waals surface area contributed by atoms with Crippen LogP contribution in [0.5, 0.6) is 0 Å². The molecule has 0 saturated carbocycles. The first-order valence-corrected chi connectivity index (χ1v) is 7.41. The molecule has 112 valence electrons. The summed E-state index contributed by atoms with van der Waals surface area (Å²) in [5, 5.41) is 10.7. The maximum absolute atomic E-state index is 10.7. The van der Waals surface area contributed by atoms with Crippen molar-refractivity contribution in [1.29, 1.82) is 0 Å². The van der Waals surface area contributed by atoms with Crippen LogP contribution in [-0.2, 0) is 0 Å². The first-order valence-electron chi connectivity index (χ1n) is 7.41. The molecular weight excluding hydrogens is 252 g/mol. The van der Waals surface area contributed by atoms with E-state index in [9.17, 15) is 10.1 Å². The standard InChI is InChI=1S/C16H26N2O2/c1-4-5-6-7-12-16(3,17)13(2)14-8-10-15(11-9-14)18(19)20/h8-11,13H,4-7,12,17H2,1-3H3. The van der Waals surface area contributed by atoms with E-state index in [1.54, 1.807) is 12.1 Å².